The Morgan fingerprint density at radius 3 is 2.37 bits per heavy atom. The van der Waals surface area contributed by atoms with Crippen molar-refractivity contribution in [1.29, 1.82) is 0 Å². The molecule has 0 saturated heterocycles. The zero-order valence-electron chi connectivity index (χ0n) is 11.0. The molecule has 1 rings (SSSR count). The Labute approximate surface area is 109 Å². The zero-order chi connectivity index (χ0) is 14.8. The first-order chi connectivity index (χ1) is 8.55. The lowest BCUT2D eigenvalue weighted by atomic mass is 10.0. The first-order valence-corrected chi connectivity index (χ1v) is 5.66. The summed E-state index contributed by atoms with van der Waals surface area (Å²) in [5.74, 6) is -1.03. The second-order valence-electron chi connectivity index (χ2n) is 4.92. The van der Waals surface area contributed by atoms with Crippen molar-refractivity contribution in [2.45, 2.75) is 32.1 Å². The van der Waals surface area contributed by atoms with Crippen LogP contribution in [0, 0.1) is 0 Å². The third-order valence-electron chi connectivity index (χ3n) is 3.15. The first kappa shape index (κ1) is 15.5. The fraction of sp³-hybridized carbons (Fsp3) is 0.462. The van der Waals surface area contributed by atoms with Crippen molar-refractivity contribution < 1.29 is 23.1 Å². The number of nitrogens with zero attached hydrogens (tertiary/aromatic N) is 1. The van der Waals surface area contributed by atoms with E-state index in [0.29, 0.717) is 5.56 Å². The number of benzene rings is 1. The molecule has 0 heterocycles. The number of carboxylic acids is 1. The Morgan fingerprint density at radius 1 is 1.32 bits per heavy atom. The average Bonchev–Trinajstić information content (AvgIpc) is 2.27. The lowest BCUT2D eigenvalue weighted by molar-refractivity contribution is -0.149. The Kier molecular flexibility index (Phi) is 4.25. The number of alkyl halides is 3. The van der Waals surface area contributed by atoms with E-state index >= 15 is 0 Å². The molecular weight excluding hydrogens is 259 g/mol. The summed E-state index contributed by atoms with van der Waals surface area (Å²) < 4.78 is 37.7. The summed E-state index contributed by atoms with van der Waals surface area (Å²) in [6, 6.07) is 4.89. The summed E-state index contributed by atoms with van der Waals surface area (Å²) in [4.78, 5) is 12.5. The van der Waals surface area contributed by atoms with Crippen LogP contribution in [0.1, 0.15) is 25.0 Å². The number of carboxylic acid groups (broad SMARTS) is 1. The number of carbonyl (C=O) groups is 1. The van der Waals surface area contributed by atoms with E-state index in [-0.39, 0.29) is 6.54 Å². The van der Waals surface area contributed by atoms with Crippen LogP contribution in [0.25, 0.3) is 0 Å². The van der Waals surface area contributed by atoms with Crippen molar-refractivity contribution >= 4 is 5.97 Å². The van der Waals surface area contributed by atoms with Gasteiger partial charge in [-0.15, -0.1) is 0 Å². The highest BCUT2D eigenvalue weighted by Crippen LogP contribution is 2.30. The molecule has 0 aromatic heterocycles. The predicted octanol–water partition coefficient (Wildman–Crippen LogP) is 3.00. The topological polar surface area (TPSA) is 40.5 Å². The molecule has 0 fully saturated rings. The van der Waals surface area contributed by atoms with Gasteiger partial charge in [-0.05, 0) is 32.5 Å². The van der Waals surface area contributed by atoms with Crippen LogP contribution in [0.3, 0.4) is 0 Å². The highest BCUT2D eigenvalue weighted by Gasteiger charge is 2.33. The van der Waals surface area contributed by atoms with Gasteiger partial charge < -0.3 is 5.11 Å². The SMILES string of the molecule is CN(Cc1cccc(C(F)(F)F)c1)C(C)(C)C(=O)O. The fourth-order valence-corrected chi connectivity index (χ4v) is 1.48. The molecule has 1 aromatic rings. The maximum atomic E-state index is 12.6. The van der Waals surface area contributed by atoms with Crippen LogP contribution in [0.15, 0.2) is 24.3 Å². The van der Waals surface area contributed by atoms with Crippen molar-refractivity contribution in [3.8, 4) is 0 Å². The monoisotopic (exact) mass is 275 g/mol. The smallest absolute Gasteiger partial charge is 0.416 e. The highest BCUT2D eigenvalue weighted by atomic mass is 19.4. The lowest BCUT2D eigenvalue weighted by Crippen LogP contribution is -2.47. The van der Waals surface area contributed by atoms with Crippen LogP contribution in [0.5, 0.6) is 0 Å². The maximum absolute atomic E-state index is 12.6. The quantitative estimate of drug-likeness (QED) is 0.918. The Morgan fingerprint density at radius 2 is 1.89 bits per heavy atom. The average molecular weight is 275 g/mol. The van der Waals surface area contributed by atoms with Gasteiger partial charge in [-0.1, -0.05) is 18.2 Å². The molecule has 0 aliphatic carbocycles. The van der Waals surface area contributed by atoms with Crippen LogP contribution in [0.4, 0.5) is 13.2 Å². The van der Waals surface area contributed by atoms with Gasteiger partial charge in [-0.3, -0.25) is 9.69 Å². The summed E-state index contributed by atoms with van der Waals surface area (Å²) in [6.07, 6.45) is -4.39. The van der Waals surface area contributed by atoms with Gasteiger partial charge >= 0.3 is 12.1 Å². The Balaban J connectivity index is 2.92. The minimum Gasteiger partial charge on any atom is -0.480 e. The third-order valence-corrected chi connectivity index (χ3v) is 3.15. The molecule has 0 spiro atoms. The van der Waals surface area contributed by atoms with Crippen molar-refractivity contribution in [3.63, 3.8) is 0 Å². The molecule has 0 atom stereocenters. The lowest BCUT2D eigenvalue weighted by Gasteiger charge is -2.31. The molecule has 6 heteroatoms. The van der Waals surface area contributed by atoms with Crippen molar-refractivity contribution in [3.05, 3.63) is 35.4 Å². The first-order valence-electron chi connectivity index (χ1n) is 5.66. The summed E-state index contributed by atoms with van der Waals surface area (Å²) >= 11 is 0. The normalized spacial score (nSPS) is 12.8. The second-order valence-corrected chi connectivity index (χ2v) is 4.92. The molecule has 1 aromatic carbocycles. The van der Waals surface area contributed by atoms with Gasteiger partial charge in [0, 0.05) is 6.54 Å². The number of hydrogen-bond donors (Lipinski definition) is 1. The van der Waals surface area contributed by atoms with Crippen molar-refractivity contribution in [1.82, 2.24) is 4.90 Å². The molecule has 0 unspecified atom stereocenters. The van der Waals surface area contributed by atoms with E-state index in [4.69, 9.17) is 5.11 Å². The van der Waals surface area contributed by atoms with E-state index in [1.807, 2.05) is 0 Å². The summed E-state index contributed by atoms with van der Waals surface area (Å²) in [6.45, 7) is 3.13. The minimum atomic E-state index is -4.39. The van der Waals surface area contributed by atoms with Crippen LogP contribution in [0.2, 0.25) is 0 Å². The highest BCUT2D eigenvalue weighted by molar-refractivity contribution is 5.77. The predicted molar refractivity (Wildman–Crippen MR) is 64.6 cm³/mol. The second kappa shape index (κ2) is 5.21. The largest absolute Gasteiger partial charge is 0.480 e. The Hall–Kier alpha value is -1.56. The minimum absolute atomic E-state index is 0.128. The van der Waals surface area contributed by atoms with Gasteiger partial charge in [-0.25, -0.2) is 0 Å². The van der Waals surface area contributed by atoms with Crippen LogP contribution in [-0.2, 0) is 17.5 Å². The zero-order valence-corrected chi connectivity index (χ0v) is 11.0. The van der Waals surface area contributed by atoms with E-state index in [1.165, 1.54) is 24.8 Å². The van der Waals surface area contributed by atoms with Crippen molar-refractivity contribution in [2.24, 2.45) is 0 Å². The van der Waals surface area contributed by atoms with E-state index in [1.54, 1.807) is 13.1 Å². The number of halogens is 3. The molecule has 0 radical (unpaired) electrons. The third kappa shape index (κ3) is 3.70. The number of aliphatic carboxylic acids is 1. The summed E-state index contributed by atoms with van der Waals surface area (Å²) in [5.41, 5.74) is -1.45. The molecule has 0 amide bonds. The molecule has 0 aliphatic rings. The number of rotatable bonds is 4. The molecule has 0 saturated carbocycles. The number of likely N-dealkylation sites (N-methyl/N-ethyl adjacent to an activating group) is 1. The molecule has 1 N–H and O–H groups in total. The van der Waals surface area contributed by atoms with Crippen LogP contribution in [-0.4, -0.2) is 28.6 Å². The van der Waals surface area contributed by atoms with Gasteiger partial charge in [0.1, 0.15) is 5.54 Å². The van der Waals surface area contributed by atoms with Crippen molar-refractivity contribution in [2.75, 3.05) is 7.05 Å². The van der Waals surface area contributed by atoms with E-state index in [0.717, 1.165) is 12.1 Å². The molecule has 0 bridgehead atoms. The van der Waals surface area contributed by atoms with E-state index in [9.17, 15) is 18.0 Å². The Bertz CT molecular complexity index is 469. The maximum Gasteiger partial charge on any atom is 0.416 e. The molecule has 3 nitrogen and oxygen atoms in total. The molecule has 19 heavy (non-hydrogen) atoms. The fourth-order valence-electron chi connectivity index (χ4n) is 1.48. The molecule has 0 aliphatic heterocycles. The molecule has 106 valence electrons. The van der Waals surface area contributed by atoms with Gasteiger partial charge in [0.2, 0.25) is 0 Å². The number of hydrogen-bond acceptors (Lipinski definition) is 2. The standard InChI is InChI=1S/C13H16F3NO2/c1-12(2,11(18)19)17(3)8-9-5-4-6-10(7-9)13(14,15)16/h4-7H,8H2,1-3H3,(H,18,19). The van der Waals surface area contributed by atoms with Crippen LogP contribution < -0.4 is 0 Å². The van der Waals surface area contributed by atoms with E-state index in [2.05, 4.69) is 0 Å². The van der Waals surface area contributed by atoms with Gasteiger partial charge in [0.05, 0.1) is 5.56 Å². The van der Waals surface area contributed by atoms with Gasteiger partial charge in [0.15, 0.2) is 0 Å². The summed E-state index contributed by atoms with van der Waals surface area (Å²) in [5, 5.41) is 9.05. The van der Waals surface area contributed by atoms with Gasteiger partial charge in [0.25, 0.3) is 0 Å². The summed E-state index contributed by atoms with van der Waals surface area (Å²) in [7, 11) is 1.56. The van der Waals surface area contributed by atoms with Gasteiger partial charge in [-0.2, -0.15) is 13.2 Å². The van der Waals surface area contributed by atoms with E-state index < -0.39 is 23.2 Å². The van der Waals surface area contributed by atoms with Crippen LogP contribution >= 0.6 is 0 Å². The molecular formula is C13H16F3NO2.